The molecule has 2 aliphatic rings. The zero-order valence-electron chi connectivity index (χ0n) is 14.4. The number of nitrogens with zero attached hydrogens (tertiary/aromatic N) is 1. The van der Waals surface area contributed by atoms with Crippen molar-refractivity contribution in [1.29, 1.82) is 0 Å². The average Bonchev–Trinajstić information content (AvgIpc) is 3.34. The molecule has 1 saturated heterocycles. The fraction of sp³-hybridized carbons (Fsp3) is 0.500. The Morgan fingerprint density at radius 3 is 2.48 bits per heavy atom. The normalized spacial score (nSPS) is 21.1. The Kier molecular flexibility index (Phi) is 5.38. The highest BCUT2D eigenvalue weighted by atomic mass is 19.4. The summed E-state index contributed by atoms with van der Waals surface area (Å²) in [5.41, 5.74) is 0.459. The van der Waals surface area contributed by atoms with Gasteiger partial charge in [0.2, 0.25) is 12.0 Å². The second-order valence-corrected chi connectivity index (χ2v) is 6.80. The molecule has 2 atom stereocenters. The van der Waals surface area contributed by atoms with Crippen LogP contribution in [0.15, 0.2) is 30.3 Å². The van der Waals surface area contributed by atoms with E-state index in [2.05, 4.69) is 5.32 Å². The Balaban J connectivity index is 1.67. The van der Waals surface area contributed by atoms with E-state index in [4.69, 9.17) is 4.74 Å². The number of nitrogens with one attached hydrogen (secondary N) is 1. The number of carbonyl (C=O) groups is 3. The minimum absolute atomic E-state index is 0.0535. The SMILES string of the molecule is O=C(O[C@H](C(=O)NC1CC1)c1ccccc1)[C@H]1CC(=O)N(CC(F)(F)F)C1. The van der Waals surface area contributed by atoms with Crippen molar-refractivity contribution in [1.82, 2.24) is 10.2 Å². The third-order valence-electron chi connectivity index (χ3n) is 4.42. The topological polar surface area (TPSA) is 75.7 Å². The molecule has 1 aliphatic carbocycles. The zero-order chi connectivity index (χ0) is 19.6. The van der Waals surface area contributed by atoms with Crippen LogP contribution in [0.1, 0.15) is 30.9 Å². The number of hydrogen-bond acceptors (Lipinski definition) is 4. The molecule has 146 valence electrons. The van der Waals surface area contributed by atoms with E-state index in [1.807, 2.05) is 0 Å². The lowest BCUT2D eigenvalue weighted by Crippen LogP contribution is -2.37. The summed E-state index contributed by atoms with van der Waals surface area (Å²) >= 11 is 0. The van der Waals surface area contributed by atoms with Crippen molar-refractivity contribution < 1.29 is 32.3 Å². The van der Waals surface area contributed by atoms with Gasteiger partial charge in [-0.1, -0.05) is 30.3 Å². The molecule has 2 amide bonds. The Hall–Kier alpha value is -2.58. The maximum atomic E-state index is 12.5. The minimum Gasteiger partial charge on any atom is -0.447 e. The predicted octanol–water partition coefficient (Wildman–Crippen LogP) is 1.96. The summed E-state index contributed by atoms with van der Waals surface area (Å²) < 4.78 is 42.9. The number of ether oxygens (including phenoxy) is 1. The van der Waals surface area contributed by atoms with Gasteiger partial charge >= 0.3 is 12.1 Å². The molecule has 27 heavy (non-hydrogen) atoms. The van der Waals surface area contributed by atoms with Gasteiger partial charge in [0, 0.05) is 24.6 Å². The summed E-state index contributed by atoms with van der Waals surface area (Å²) in [5.74, 6) is -3.12. The monoisotopic (exact) mass is 384 g/mol. The summed E-state index contributed by atoms with van der Waals surface area (Å²) in [5, 5.41) is 2.75. The maximum Gasteiger partial charge on any atom is 0.406 e. The second kappa shape index (κ2) is 7.58. The molecule has 1 heterocycles. The number of likely N-dealkylation sites (tertiary alicyclic amines) is 1. The van der Waals surface area contributed by atoms with E-state index < -0.39 is 42.5 Å². The number of carbonyl (C=O) groups excluding carboxylic acids is 3. The number of benzene rings is 1. The van der Waals surface area contributed by atoms with Gasteiger partial charge in [-0.05, 0) is 12.8 Å². The van der Waals surface area contributed by atoms with Gasteiger partial charge in [0.05, 0.1) is 5.92 Å². The number of esters is 1. The van der Waals surface area contributed by atoms with Gasteiger partial charge in [0.1, 0.15) is 6.54 Å². The van der Waals surface area contributed by atoms with E-state index in [1.54, 1.807) is 30.3 Å². The van der Waals surface area contributed by atoms with Gasteiger partial charge in [0.15, 0.2) is 0 Å². The van der Waals surface area contributed by atoms with Crippen LogP contribution >= 0.6 is 0 Å². The standard InChI is InChI=1S/C18H19F3N2O4/c19-18(20,21)10-23-9-12(8-14(23)24)17(26)27-15(11-4-2-1-3-5-11)16(25)22-13-6-7-13/h1-5,12-13,15H,6-10H2,(H,22,25)/t12-,15-/m0/s1. The van der Waals surface area contributed by atoms with Crippen LogP contribution in [0.5, 0.6) is 0 Å². The summed E-state index contributed by atoms with van der Waals surface area (Å²) in [6.07, 6.45) is -4.40. The first-order valence-corrected chi connectivity index (χ1v) is 8.63. The van der Waals surface area contributed by atoms with Crippen molar-refractivity contribution >= 4 is 17.8 Å². The smallest absolute Gasteiger partial charge is 0.406 e. The molecule has 1 aromatic rings. The van der Waals surface area contributed by atoms with Gasteiger partial charge in [-0.2, -0.15) is 13.2 Å². The first kappa shape index (κ1) is 19.2. The van der Waals surface area contributed by atoms with Crippen molar-refractivity contribution in [3.8, 4) is 0 Å². The van der Waals surface area contributed by atoms with Crippen LogP contribution in [-0.4, -0.2) is 48.0 Å². The molecule has 9 heteroatoms. The lowest BCUT2D eigenvalue weighted by molar-refractivity contribution is -0.161. The molecule has 3 rings (SSSR count). The van der Waals surface area contributed by atoms with Crippen LogP contribution in [-0.2, 0) is 19.1 Å². The van der Waals surface area contributed by atoms with Crippen LogP contribution in [0.25, 0.3) is 0 Å². The van der Waals surface area contributed by atoms with Crippen LogP contribution in [0.2, 0.25) is 0 Å². The minimum atomic E-state index is -4.54. The molecule has 2 fully saturated rings. The number of amides is 2. The van der Waals surface area contributed by atoms with Gasteiger partial charge in [-0.3, -0.25) is 14.4 Å². The molecule has 0 aromatic heterocycles. The molecule has 6 nitrogen and oxygen atoms in total. The first-order chi connectivity index (χ1) is 12.7. The van der Waals surface area contributed by atoms with Crippen molar-refractivity contribution in [3.63, 3.8) is 0 Å². The maximum absolute atomic E-state index is 12.5. The Labute approximate surface area is 153 Å². The van der Waals surface area contributed by atoms with E-state index in [1.165, 1.54) is 0 Å². The van der Waals surface area contributed by atoms with Crippen molar-refractivity contribution in [2.75, 3.05) is 13.1 Å². The molecule has 0 bridgehead atoms. The lowest BCUT2D eigenvalue weighted by Gasteiger charge is -2.21. The van der Waals surface area contributed by atoms with Crippen LogP contribution in [0.3, 0.4) is 0 Å². The molecule has 1 N–H and O–H groups in total. The number of hydrogen-bond donors (Lipinski definition) is 1. The van der Waals surface area contributed by atoms with Crippen LogP contribution in [0, 0.1) is 5.92 Å². The van der Waals surface area contributed by atoms with Gasteiger partial charge < -0.3 is 15.0 Å². The largest absolute Gasteiger partial charge is 0.447 e. The lowest BCUT2D eigenvalue weighted by atomic mass is 10.1. The Bertz CT molecular complexity index is 719. The quantitative estimate of drug-likeness (QED) is 0.761. The van der Waals surface area contributed by atoms with E-state index >= 15 is 0 Å². The summed E-state index contributed by atoms with van der Waals surface area (Å²) in [4.78, 5) is 37.2. The highest BCUT2D eigenvalue weighted by Gasteiger charge is 2.42. The Morgan fingerprint density at radius 2 is 1.89 bits per heavy atom. The molecule has 1 saturated carbocycles. The van der Waals surface area contributed by atoms with E-state index in [-0.39, 0.29) is 19.0 Å². The molecule has 1 aliphatic heterocycles. The van der Waals surface area contributed by atoms with Crippen molar-refractivity contribution in [3.05, 3.63) is 35.9 Å². The van der Waals surface area contributed by atoms with E-state index in [9.17, 15) is 27.6 Å². The molecular weight excluding hydrogens is 365 g/mol. The highest BCUT2D eigenvalue weighted by molar-refractivity contribution is 5.89. The fourth-order valence-corrected chi connectivity index (χ4v) is 2.92. The zero-order valence-corrected chi connectivity index (χ0v) is 14.4. The highest BCUT2D eigenvalue weighted by Crippen LogP contribution is 2.28. The number of alkyl halides is 3. The fourth-order valence-electron chi connectivity index (χ4n) is 2.92. The molecular formula is C18H19F3N2O4. The van der Waals surface area contributed by atoms with Gasteiger partial charge in [0.25, 0.3) is 5.91 Å². The van der Waals surface area contributed by atoms with Crippen LogP contribution in [0.4, 0.5) is 13.2 Å². The van der Waals surface area contributed by atoms with E-state index in [0.717, 1.165) is 12.8 Å². The summed E-state index contributed by atoms with van der Waals surface area (Å²) in [6, 6.07) is 8.42. The third kappa shape index (κ3) is 5.21. The number of rotatable bonds is 6. The average molecular weight is 384 g/mol. The van der Waals surface area contributed by atoms with Gasteiger partial charge in [-0.15, -0.1) is 0 Å². The third-order valence-corrected chi connectivity index (χ3v) is 4.42. The molecule has 0 spiro atoms. The summed E-state index contributed by atoms with van der Waals surface area (Å²) in [6.45, 7) is -1.77. The first-order valence-electron chi connectivity index (χ1n) is 8.63. The predicted molar refractivity (Wildman–Crippen MR) is 87.2 cm³/mol. The number of halogens is 3. The van der Waals surface area contributed by atoms with Crippen molar-refractivity contribution in [2.24, 2.45) is 5.92 Å². The van der Waals surface area contributed by atoms with Crippen LogP contribution < -0.4 is 5.32 Å². The molecule has 0 radical (unpaired) electrons. The molecule has 1 aromatic carbocycles. The van der Waals surface area contributed by atoms with Crippen molar-refractivity contribution in [2.45, 2.75) is 37.6 Å². The van der Waals surface area contributed by atoms with E-state index in [0.29, 0.717) is 10.5 Å². The van der Waals surface area contributed by atoms with Gasteiger partial charge in [-0.25, -0.2) is 0 Å². The Morgan fingerprint density at radius 1 is 1.22 bits per heavy atom. The molecule has 0 unspecified atom stereocenters. The summed E-state index contributed by atoms with van der Waals surface area (Å²) in [7, 11) is 0. The second-order valence-electron chi connectivity index (χ2n) is 6.80.